The molecule has 2 aliphatic rings. The number of fused-ring (bicyclic) bond motifs is 1. The summed E-state index contributed by atoms with van der Waals surface area (Å²) in [5, 5.41) is 22.2. The summed E-state index contributed by atoms with van der Waals surface area (Å²) < 4.78 is 29.4. The molecule has 0 aromatic heterocycles. The number of nitrogens with zero attached hydrogens (tertiary/aromatic N) is 3. The lowest BCUT2D eigenvalue weighted by Gasteiger charge is -2.42. The highest BCUT2D eigenvalue weighted by molar-refractivity contribution is 7.49. The van der Waals surface area contributed by atoms with Crippen molar-refractivity contribution in [1.82, 2.24) is 4.90 Å². The standard InChI is InChI=1S/C19H20N3O8P/c23-21(24)16-6-7-18(17(10-16)22(25)26)29-31(27)28-13-15-8-9-20(12-19(15)30-31)11-14-4-2-1-3-5-14/h1-7,10,15,19H,8-9,11-13H2/t15-,19+,31?/m1/s1. The van der Waals surface area contributed by atoms with Gasteiger partial charge in [0.15, 0.2) is 0 Å². The van der Waals surface area contributed by atoms with E-state index in [2.05, 4.69) is 4.90 Å². The van der Waals surface area contributed by atoms with Crippen LogP contribution in [0.15, 0.2) is 48.5 Å². The largest absolute Gasteiger partial charge is 0.530 e. The van der Waals surface area contributed by atoms with Crippen LogP contribution in [0.25, 0.3) is 0 Å². The van der Waals surface area contributed by atoms with E-state index in [4.69, 9.17) is 13.6 Å². The molecule has 0 bridgehead atoms. The highest BCUT2D eigenvalue weighted by Crippen LogP contribution is 2.56. The number of benzene rings is 2. The van der Waals surface area contributed by atoms with E-state index < -0.39 is 40.9 Å². The fourth-order valence-electron chi connectivity index (χ4n) is 3.72. The van der Waals surface area contributed by atoms with E-state index in [0.717, 1.165) is 36.7 Å². The van der Waals surface area contributed by atoms with Crippen LogP contribution in [0.3, 0.4) is 0 Å². The molecule has 3 atom stereocenters. The van der Waals surface area contributed by atoms with Crippen molar-refractivity contribution in [2.75, 3.05) is 19.7 Å². The van der Waals surface area contributed by atoms with Gasteiger partial charge in [0.2, 0.25) is 5.75 Å². The minimum absolute atomic E-state index is 0.0320. The third-order valence-electron chi connectivity index (χ3n) is 5.30. The minimum atomic E-state index is -4.14. The van der Waals surface area contributed by atoms with Gasteiger partial charge >= 0.3 is 13.5 Å². The average Bonchev–Trinajstić information content (AvgIpc) is 2.74. The maximum absolute atomic E-state index is 13.1. The van der Waals surface area contributed by atoms with Crippen molar-refractivity contribution in [3.05, 3.63) is 74.3 Å². The summed E-state index contributed by atoms with van der Waals surface area (Å²) in [4.78, 5) is 22.8. The van der Waals surface area contributed by atoms with Crippen LogP contribution in [0.1, 0.15) is 12.0 Å². The molecule has 0 amide bonds. The molecule has 0 aliphatic carbocycles. The molecule has 164 valence electrons. The molecular formula is C19H20N3O8P. The van der Waals surface area contributed by atoms with Gasteiger partial charge in [-0.05, 0) is 24.6 Å². The predicted molar refractivity (Wildman–Crippen MR) is 109 cm³/mol. The number of hydrogen-bond acceptors (Lipinski definition) is 9. The molecular weight excluding hydrogens is 429 g/mol. The lowest BCUT2D eigenvalue weighted by Crippen LogP contribution is -2.48. The Morgan fingerprint density at radius 3 is 2.61 bits per heavy atom. The van der Waals surface area contributed by atoms with Gasteiger partial charge in [-0.2, -0.15) is 0 Å². The molecule has 2 saturated heterocycles. The lowest BCUT2D eigenvalue weighted by molar-refractivity contribution is -0.394. The van der Waals surface area contributed by atoms with Crippen LogP contribution in [0.2, 0.25) is 0 Å². The van der Waals surface area contributed by atoms with Gasteiger partial charge in [-0.3, -0.25) is 34.2 Å². The summed E-state index contributed by atoms with van der Waals surface area (Å²) in [7, 11) is -4.14. The first kappa shape index (κ1) is 21.4. The van der Waals surface area contributed by atoms with Crippen LogP contribution < -0.4 is 4.52 Å². The number of nitro groups is 2. The van der Waals surface area contributed by atoms with Crippen LogP contribution in [0.4, 0.5) is 11.4 Å². The summed E-state index contributed by atoms with van der Waals surface area (Å²) in [6.07, 6.45) is 0.365. The van der Waals surface area contributed by atoms with Crippen molar-refractivity contribution >= 4 is 19.2 Å². The van der Waals surface area contributed by atoms with Crippen LogP contribution in [0.5, 0.6) is 5.75 Å². The van der Waals surface area contributed by atoms with Crippen molar-refractivity contribution in [3.63, 3.8) is 0 Å². The van der Waals surface area contributed by atoms with Gasteiger partial charge in [0.1, 0.15) is 0 Å². The van der Waals surface area contributed by atoms with Gasteiger partial charge in [0.05, 0.1) is 28.6 Å². The smallest absolute Gasteiger partial charge is 0.397 e. The number of hydrogen-bond donors (Lipinski definition) is 0. The van der Waals surface area contributed by atoms with E-state index in [1.807, 2.05) is 30.3 Å². The molecule has 1 unspecified atom stereocenters. The Kier molecular flexibility index (Phi) is 6.01. The maximum atomic E-state index is 13.1. The molecule has 2 aromatic rings. The maximum Gasteiger partial charge on any atom is 0.530 e. The van der Waals surface area contributed by atoms with Crippen molar-refractivity contribution < 1.29 is 28.0 Å². The summed E-state index contributed by atoms with van der Waals surface area (Å²) in [6.45, 7) is 2.20. The fraction of sp³-hybridized carbons (Fsp3) is 0.368. The fourth-order valence-corrected chi connectivity index (χ4v) is 5.21. The number of nitro benzene ring substituents is 2. The van der Waals surface area contributed by atoms with E-state index in [1.165, 1.54) is 0 Å². The zero-order chi connectivity index (χ0) is 22.0. The van der Waals surface area contributed by atoms with E-state index in [0.29, 0.717) is 13.1 Å². The number of non-ortho nitro benzene ring substituents is 1. The SMILES string of the molecule is O=[N+]([O-])c1ccc(OP2(=O)OC[C@H]3CCN(Cc4ccccc4)C[C@@H]3O2)c([N+](=O)[O-])c1. The Morgan fingerprint density at radius 1 is 1.13 bits per heavy atom. The Morgan fingerprint density at radius 2 is 1.90 bits per heavy atom. The molecule has 0 saturated carbocycles. The number of phosphoric ester groups is 1. The molecule has 2 aliphatic heterocycles. The third-order valence-corrected chi connectivity index (χ3v) is 6.72. The van der Waals surface area contributed by atoms with E-state index >= 15 is 0 Å². The second-order valence-corrected chi connectivity index (χ2v) is 8.96. The molecule has 2 aromatic carbocycles. The zero-order valence-corrected chi connectivity index (χ0v) is 17.3. The Hall–Kier alpha value is -2.85. The van der Waals surface area contributed by atoms with Crippen molar-refractivity contribution in [2.24, 2.45) is 5.92 Å². The van der Waals surface area contributed by atoms with Gasteiger partial charge in [0, 0.05) is 25.1 Å². The molecule has 12 heteroatoms. The van der Waals surface area contributed by atoms with Gasteiger partial charge in [-0.25, -0.2) is 4.57 Å². The van der Waals surface area contributed by atoms with Crippen LogP contribution in [0, 0.1) is 26.1 Å². The van der Waals surface area contributed by atoms with Crippen molar-refractivity contribution in [1.29, 1.82) is 0 Å². The molecule has 0 N–H and O–H groups in total. The summed E-state index contributed by atoms with van der Waals surface area (Å²) >= 11 is 0. The first-order chi connectivity index (χ1) is 14.8. The first-order valence-corrected chi connectivity index (χ1v) is 11.1. The second kappa shape index (κ2) is 8.72. The van der Waals surface area contributed by atoms with Crippen LogP contribution in [-0.2, 0) is 20.2 Å². The zero-order valence-electron chi connectivity index (χ0n) is 16.4. The van der Waals surface area contributed by atoms with Gasteiger partial charge in [-0.1, -0.05) is 30.3 Å². The Bertz CT molecular complexity index is 1030. The van der Waals surface area contributed by atoms with Crippen LogP contribution >= 0.6 is 7.82 Å². The highest BCUT2D eigenvalue weighted by atomic mass is 31.2. The quantitative estimate of drug-likeness (QED) is 0.365. The topological polar surface area (TPSA) is 134 Å². The number of piperidine rings is 1. The number of rotatable bonds is 6. The van der Waals surface area contributed by atoms with E-state index in [-0.39, 0.29) is 12.5 Å². The molecule has 31 heavy (non-hydrogen) atoms. The summed E-state index contributed by atoms with van der Waals surface area (Å²) in [5.41, 5.74) is -0.0197. The molecule has 2 fully saturated rings. The predicted octanol–water partition coefficient (Wildman–Crippen LogP) is 3.93. The summed E-state index contributed by atoms with van der Waals surface area (Å²) in [6, 6.07) is 12.7. The minimum Gasteiger partial charge on any atom is -0.397 e. The first-order valence-electron chi connectivity index (χ1n) is 9.65. The third kappa shape index (κ3) is 4.91. The molecule has 0 radical (unpaired) electrons. The van der Waals surface area contributed by atoms with Gasteiger partial charge < -0.3 is 4.52 Å². The Balaban J connectivity index is 1.47. The Labute approximate surface area is 177 Å². The van der Waals surface area contributed by atoms with Gasteiger partial charge in [0.25, 0.3) is 5.69 Å². The van der Waals surface area contributed by atoms with Crippen LogP contribution in [-0.4, -0.2) is 40.5 Å². The molecule has 11 nitrogen and oxygen atoms in total. The number of likely N-dealkylation sites (tertiary alicyclic amines) is 1. The second-order valence-electron chi connectivity index (χ2n) is 7.41. The van der Waals surface area contributed by atoms with Crippen molar-refractivity contribution in [2.45, 2.75) is 19.1 Å². The molecule has 2 heterocycles. The lowest BCUT2D eigenvalue weighted by atomic mass is 9.94. The molecule has 0 spiro atoms. The summed E-state index contributed by atoms with van der Waals surface area (Å²) in [5.74, 6) is -0.376. The normalized spacial score (nSPS) is 26.1. The molecule has 4 rings (SSSR count). The average molecular weight is 449 g/mol. The number of phosphoric acid groups is 1. The van der Waals surface area contributed by atoms with E-state index in [9.17, 15) is 24.8 Å². The highest BCUT2D eigenvalue weighted by Gasteiger charge is 2.45. The monoisotopic (exact) mass is 449 g/mol. The van der Waals surface area contributed by atoms with Gasteiger partial charge in [-0.15, -0.1) is 0 Å². The van der Waals surface area contributed by atoms with Crippen molar-refractivity contribution in [3.8, 4) is 5.75 Å². The van der Waals surface area contributed by atoms with E-state index in [1.54, 1.807) is 0 Å².